The first-order chi connectivity index (χ1) is 9.04. The highest BCUT2D eigenvalue weighted by Crippen LogP contribution is 2.20. The molecule has 0 unspecified atom stereocenters. The van der Waals surface area contributed by atoms with Crippen LogP contribution in [0.4, 0.5) is 11.4 Å². The zero-order valence-corrected chi connectivity index (χ0v) is 10.4. The fourth-order valence-electron chi connectivity index (χ4n) is 1.43. The van der Waals surface area contributed by atoms with E-state index in [1.807, 2.05) is 0 Å². The number of hydrogen-bond donors (Lipinski definition) is 2. The Labute approximate surface area is 112 Å². The zero-order chi connectivity index (χ0) is 13.8. The SMILES string of the molecule is O=C(/C=C1\NC(=O)CS1)Nc1cccc([N+](=O)[O-])c1. The first-order valence-corrected chi connectivity index (χ1v) is 6.23. The van der Waals surface area contributed by atoms with Crippen LogP contribution in [0.15, 0.2) is 35.4 Å². The van der Waals surface area contributed by atoms with E-state index in [0.29, 0.717) is 10.7 Å². The molecule has 0 aliphatic carbocycles. The van der Waals surface area contributed by atoms with Crippen LogP contribution in [0.5, 0.6) is 0 Å². The van der Waals surface area contributed by atoms with Gasteiger partial charge in [0.15, 0.2) is 0 Å². The summed E-state index contributed by atoms with van der Waals surface area (Å²) in [6.07, 6.45) is 1.24. The molecule has 0 aromatic heterocycles. The van der Waals surface area contributed by atoms with Gasteiger partial charge in [-0.25, -0.2) is 0 Å². The maximum absolute atomic E-state index is 11.6. The average molecular weight is 279 g/mol. The Morgan fingerprint density at radius 1 is 1.53 bits per heavy atom. The highest BCUT2D eigenvalue weighted by atomic mass is 32.2. The van der Waals surface area contributed by atoms with E-state index in [1.54, 1.807) is 6.07 Å². The summed E-state index contributed by atoms with van der Waals surface area (Å²) in [5, 5.41) is 16.1. The van der Waals surface area contributed by atoms with E-state index in [2.05, 4.69) is 10.6 Å². The molecule has 1 aromatic carbocycles. The standard InChI is InChI=1S/C11H9N3O4S/c15-9(5-11-13-10(16)6-19-11)12-7-2-1-3-8(4-7)14(17)18/h1-5H,6H2,(H,12,15)(H,13,16)/b11-5+. The van der Waals surface area contributed by atoms with Crippen molar-refractivity contribution in [3.8, 4) is 0 Å². The van der Waals surface area contributed by atoms with Crippen molar-refractivity contribution in [2.45, 2.75) is 0 Å². The number of hydrogen-bond acceptors (Lipinski definition) is 5. The van der Waals surface area contributed by atoms with E-state index >= 15 is 0 Å². The maximum atomic E-state index is 11.6. The van der Waals surface area contributed by atoms with Gasteiger partial charge in [-0.05, 0) is 6.07 Å². The number of nitrogens with zero attached hydrogens (tertiary/aromatic N) is 1. The first-order valence-electron chi connectivity index (χ1n) is 5.24. The summed E-state index contributed by atoms with van der Waals surface area (Å²) in [5.41, 5.74) is 0.222. The van der Waals surface area contributed by atoms with Crippen LogP contribution in [0.1, 0.15) is 0 Å². The molecule has 2 amide bonds. The average Bonchev–Trinajstić information content (AvgIpc) is 2.74. The molecular formula is C11H9N3O4S. The Kier molecular flexibility index (Phi) is 3.81. The van der Waals surface area contributed by atoms with Crippen molar-refractivity contribution in [3.63, 3.8) is 0 Å². The largest absolute Gasteiger partial charge is 0.322 e. The topological polar surface area (TPSA) is 101 Å². The van der Waals surface area contributed by atoms with Gasteiger partial charge in [0.1, 0.15) is 0 Å². The Morgan fingerprint density at radius 3 is 2.95 bits per heavy atom. The molecule has 19 heavy (non-hydrogen) atoms. The van der Waals surface area contributed by atoms with E-state index in [1.165, 1.54) is 36.0 Å². The van der Waals surface area contributed by atoms with Gasteiger partial charge in [-0.2, -0.15) is 0 Å². The second-order valence-corrected chi connectivity index (χ2v) is 4.66. The van der Waals surface area contributed by atoms with Crippen molar-refractivity contribution in [3.05, 3.63) is 45.5 Å². The highest BCUT2D eigenvalue weighted by Gasteiger charge is 2.16. The van der Waals surface area contributed by atoms with Crippen molar-refractivity contribution in [1.82, 2.24) is 5.32 Å². The molecule has 0 bridgehead atoms. The van der Waals surface area contributed by atoms with Crippen LogP contribution in [-0.2, 0) is 9.59 Å². The molecule has 1 fully saturated rings. The summed E-state index contributed by atoms with van der Waals surface area (Å²) in [4.78, 5) is 32.6. The van der Waals surface area contributed by atoms with Gasteiger partial charge in [0, 0.05) is 23.9 Å². The summed E-state index contributed by atoms with van der Waals surface area (Å²) in [6.45, 7) is 0. The summed E-state index contributed by atoms with van der Waals surface area (Å²) >= 11 is 1.23. The zero-order valence-electron chi connectivity index (χ0n) is 9.58. The Hall–Kier alpha value is -2.35. The molecule has 98 valence electrons. The quantitative estimate of drug-likeness (QED) is 0.492. The van der Waals surface area contributed by atoms with Crippen molar-refractivity contribution in [2.75, 3.05) is 11.1 Å². The predicted molar refractivity (Wildman–Crippen MR) is 70.4 cm³/mol. The third-order valence-electron chi connectivity index (χ3n) is 2.21. The van der Waals surface area contributed by atoms with Crippen LogP contribution in [0, 0.1) is 10.1 Å². The number of carbonyl (C=O) groups excluding carboxylic acids is 2. The first kappa shape index (κ1) is 13.1. The van der Waals surface area contributed by atoms with E-state index in [9.17, 15) is 19.7 Å². The Balaban J connectivity index is 2.05. The lowest BCUT2D eigenvalue weighted by molar-refractivity contribution is -0.384. The minimum absolute atomic E-state index is 0.103. The number of nitro benzene ring substituents is 1. The van der Waals surface area contributed by atoms with E-state index < -0.39 is 10.8 Å². The molecule has 0 radical (unpaired) electrons. The van der Waals surface area contributed by atoms with E-state index in [-0.39, 0.29) is 17.3 Å². The highest BCUT2D eigenvalue weighted by molar-refractivity contribution is 8.04. The van der Waals surface area contributed by atoms with Gasteiger partial charge in [-0.1, -0.05) is 17.8 Å². The number of rotatable bonds is 3. The predicted octanol–water partition coefficient (Wildman–Crippen LogP) is 1.24. The van der Waals surface area contributed by atoms with Crippen LogP contribution in [0.25, 0.3) is 0 Å². The minimum atomic E-state index is -0.541. The molecule has 0 atom stereocenters. The number of benzene rings is 1. The normalized spacial score (nSPS) is 16.2. The second-order valence-electron chi connectivity index (χ2n) is 3.64. The summed E-state index contributed by atoms with van der Waals surface area (Å²) in [6, 6.07) is 5.62. The molecule has 1 aliphatic rings. The molecule has 2 N–H and O–H groups in total. The minimum Gasteiger partial charge on any atom is -0.322 e. The van der Waals surface area contributed by atoms with Gasteiger partial charge >= 0.3 is 0 Å². The molecule has 1 saturated heterocycles. The molecule has 8 heteroatoms. The van der Waals surface area contributed by atoms with Gasteiger partial charge in [-0.3, -0.25) is 19.7 Å². The second kappa shape index (κ2) is 5.53. The molecule has 2 rings (SSSR count). The number of non-ortho nitro benzene ring substituents is 1. The molecule has 0 spiro atoms. The number of thioether (sulfide) groups is 1. The van der Waals surface area contributed by atoms with Crippen molar-refractivity contribution >= 4 is 35.0 Å². The summed E-state index contributed by atoms with van der Waals surface area (Å²) in [5.74, 6) is -0.319. The maximum Gasteiger partial charge on any atom is 0.271 e. The van der Waals surface area contributed by atoms with Crippen molar-refractivity contribution in [1.29, 1.82) is 0 Å². The molecule has 1 aromatic rings. The molecule has 1 aliphatic heterocycles. The van der Waals surface area contributed by atoms with Crippen LogP contribution in [0.2, 0.25) is 0 Å². The number of nitro groups is 1. The van der Waals surface area contributed by atoms with Crippen molar-refractivity contribution < 1.29 is 14.5 Å². The van der Waals surface area contributed by atoms with Crippen LogP contribution < -0.4 is 10.6 Å². The third-order valence-corrected chi connectivity index (χ3v) is 3.15. The molecular weight excluding hydrogens is 270 g/mol. The Morgan fingerprint density at radius 2 is 2.32 bits per heavy atom. The van der Waals surface area contributed by atoms with Crippen LogP contribution >= 0.6 is 11.8 Å². The van der Waals surface area contributed by atoms with Crippen LogP contribution in [0.3, 0.4) is 0 Å². The summed E-state index contributed by atoms with van der Waals surface area (Å²) in [7, 11) is 0. The lowest BCUT2D eigenvalue weighted by Crippen LogP contribution is -2.16. The monoisotopic (exact) mass is 279 g/mol. The molecule has 1 heterocycles. The number of amides is 2. The van der Waals surface area contributed by atoms with Gasteiger partial charge in [0.25, 0.3) is 11.6 Å². The number of nitrogens with one attached hydrogen (secondary N) is 2. The van der Waals surface area contributed by atoms with E-state index in [4.69, 9.17) is 0 Å². The summed E-state index contributed by atoms with van der Waals surface area (Å²) < 4.78 is 0. The van der Waals surface area contributed by atoms with E-state index in [0.717, 1.165) is 0 Å². The number of anilines is 1. The fraction of sp³-hybridized carbons (Fsp3) is 0.0909. The lowest BCUT2D eigenvalue weighted by Gasteiger charge is -2.02. The smallest absolute Gasteiger partial charge is 0.271 e. The third kappa shape index (κ3) is 3.55. The van der Waals surface area contributed by atoms with Gasteiger partial charge in [0.2, 0.25) is 5.91 Å². The lowest BCUT2D eigenvalue weighted by atomic mass is 10.3. The van der Waals surface area contributed by atoms with Crippen LogP contribution in [-0.4, -0.2) is 22.5 Å². The van der Waals surface area contributed by atoms with Crippen molar-refractivity contribution in [2.24, 2.45) is 0 Å². The van der Waals surface area contributed by atoms with Gasteiger partial charge in [-0.15, -0.1) is 0 Å². The fourth-order valence-corrected chi connectivity index (χ4v) is 2.16. The van der Waals surface area contributed by atoms with Gasteiger partial charge < -0.3 is 10.6 Å². The molecule has 0 saturated carbocycles. The Bertz CT molecular complexity index is 585. The molecule has 7 nitrogen and oxygen atoms in total. The van der Waals surface area contributed by atoms with Gasteiger partial charge in [0.05, 0.1) is 15.7 Å². The number of carbonyl (C=O) groups is 2.